The van der Waals surface area contributed by atoms with E-state index in [0.717, 1.165) is 17.4 Å². The lowest BCUT2D eigenvalue weighted by Crippen LogP contribution is -2.68. The second-order valence-corrected chi connectivity index (χ2v) is 13.5. The number of benzene rings is 2. The molecule has 2 fully saturated rings. The van der Waals surface area contributed by atoms with Crippen LogP contribution in [-0.2, 0) is 39.9 Å². The topological polar surface area (TPSA) is 327 Å². The molecular formula is C36H51N3O18. The molecule has 2 saturated heterocycles. The van der Waals surface area contributed by atoms with Crippen molar-refractivity contribution in [2.75, 3.05) is 36.6 Å². The van der Waals surface area contributed by atoms with Crippen LogP contribution in [0.25, 0.3) is 0 Å². The Morgan fingerprint density at radius 1 is 0.789 bits per heavy atom. The number of carbonyl (C=O) groups excluding carboxylic acids is 3. The number of rotatable bonds is 17. The minimum atomic E-state index is -2.11. The number of amides is 3. The molecule has 2 heterocycles. The third kappa shape index (κ3) is 11.8. The van der Waals surface area contributed by atoms with Crippen LogP contribution in [0, 0.1) is 0 Å². The number of ether oxygens (including phenoxy) is 5. The van der Waals surface area contributed by atoms with Gasteiger partial charge in [0.1, 0.15) is 79.8 Å². The molecule has 14 atom stereocenters. The molecule has 2 aromatic carbocycles. The quantitative estimate of drug-likeness (QED) is 0.0724. The van der Waals surface area contributed by atoms with Gasteiger partial charge in [0.25, 0.3) is 0 Å². The Labute approximate surface area is 326 Å². The summed E-state index contributed by atoms with van der Waals surface area (Å²) in [4.78, 5) is 37.9. The van der Waals surface area contributed by atoms with Gasteiger partial charge in [0.05, 0.1) is 26.4 Å². The molecule has 21 heteroatoms. The van der Waals surface area contributed by atoms with Crippen LogP contribution in [0.1, 0.15) is 19.4 Å². The summed E-state index contributed by atoms with van der Waals surface area (Å²) >= 11 is 0. The zero-order chi connectivity index (χ0) is 42.0. The Hall–Kier alpha value is -3.91. The first-order chi connectivity index (χ1) is 27.1. The van der Waals surface area contributed by atoms with Crippen molar-refractivity contribution in [3.63, 3.8) is 0 Å². The largest absolute Gasteiger partial charge is 0.444 e. The molecule has 2 aliphatic heterocycles. The van der Waals surface area contributed by atoms with Gasteiger partial charge >= 0.3 is 6.09 Å². The van der Waals surface area contributed by atoms with E-state index in [1.165, 1.54) is 31.2 Å². The molecule has 0 aromatic heterocycles. The van der Waals surface area contributed by atoms with E-state index in [1.54, 1.807) is 24.3 Å². The predicted molar refractivity (Wildman–Crippen MR) is 193 cm³/mol. The number of nitrogens with zero attached hydrogens (tertiary/aromatic N) is 1. The number of carbonyl (C=O) groups is 3. The van der Waals surface area contributed by atoms with E-state index in [-0.39, 0.29) is 12.3 Å². The van der Waals surface area contributed by atoms with E-state index in [0.29, 0.717) is 5.69 Å². The molecule has 0 spiro atoms. The van der Waals surface area contributed by atoms with Crippen molar-refractivity contribution in [1.82, 2.24) is 5.32 Å². The number of nitrogens with one attached hydrogen (secondary N) is 2. The second-order valence-electron chi connectivity index (χ2n) is 13.5. The molecule has 318 valence electrons. The number of anilines is 2. The Bertz CT molecular complexity index is 1580. The van der Waals surface area contributed by atoms with Crippen molar-refractivity contribution in [2.45, 2.75) is 106 Å². The Kier molecular flexibility index (Phi) is 17.0. The third-order valence-electron chi connectivity index (χ3n) is 9.34. The molecule has 2 aromatic rings. The highest BCUT2D eigenvalue weighted by molar-refractivity contribution is 5.92. The summed E-state index contributed by atoms with van der Waals surface area (Å²) in [5.41, 5.74) is 1.30. The molecule has 3 amide bonds. The SMILES string of the molecule is CC(=O)N[C@H]1[C@H](O[C@H]2[C@@H](O)[C@@H](CO)O[C@@H](O[C@@H]([C@H](O)[C@@H](O)CN(C(C)=O)c3ccc(NC(=O)OCc4ccccc4)cc3)[C@H](O)CO)[C@@H]2O)O[C@H](CO)[C@@H](O)[C@@H]1O. The number of aliphatic hydroxyl groups excluding tert-OH is 10. The fraction of sp³-hybridized carbons (Fsp3) is 0.583. The maximum absolute atomic E-state index is 12.7. The molecule has 2 aliphatic rings. The van der Waals surface area contributed by atoms with E-state index in [9.17, 15) is 65.4 Å². The lowest BCUT2D eigenvalue weighted by molar-refractivity contribution is -0.359. The predicted octanol–water partition coefficient (Wildman–Crippen LogP) is -3.98. The molecule has 0 bridgehead atoms. The van der Waals surface area contributed by atoms with E-state index in [2.05, 4.69) is 10.6 Å². The lowest BCUT2D eigenvalue weighted by atomic mass is 9.95. The third-order valence-corrected chi connectivity index (χ3v) is 9.34. The smallest absolute Gasteiger partial charge is 0.411 e. The zero-order valence-electron chi connectivity index (χ0n) is 31.0. The summed E-state index contributed by atoms with van der Waals surface area (Å²) in [6.45, 7) is -1.11. The fourth-order valence-electron chi connectivity index (χ4n) is 6.26. The zero-order valence-corrected chi connectivity index (χ0v) is 31.0. The standard InChI is InChI=1S/C36H51N3O18/c1-17(43)37-26-30(50)28(48)24(14-41)54-34(26)57-33-29(49)25(15-42)55-35(31(33)51)56-32(23(46)13-40)27(47)22(45)12-39(18(2)44)21-10-8-20(9-11-21)38-36(52)53-16-19-6-4-3-5-7-19/h3-11,22-35,40-42,45-51H,12-16H2,1-2H3,(H,37,43)(H,38,52)/t22-,23+,24+,25+,26+,27+,28+,29-,30+,31+,32+,33-,34-,35-/m0/s1. The van der Waals surface area contributed by atoms with Crippen molar-refractivity contribution in [3.05, 3.63) is 60.2 Å². The minimum absolute atomic E-state index is 0.0291. The van der Waals surface area contributed by atoms with Crippen LogP contribution in [0.3, 0.4) is 0 Å². The molecular weight excluding hydrogens is 762 g/mol. The highest BCUT2D eigenvalue weighted by Gasteiger charge is 2.52. The number of hydrogen-bond acceptors (Lipinski definition) is 18. The fourth-order valence-corrected chi connectivity index (χ4v) is 6.26. The maximum Gasteiger partial charge on any atom is 0.411 e. The van der Waals surface area contributed by atoms with Crippen molar-refractivity contribution >= 4 is 29.3 Å². The maximum atomic E-state index is 12.7. The molecule has 4 rings (SSSR count). The average Bonchev–Trinajstić information content (AvgIpc) is 3.19. The summed E-state index contributed by atoms with van der Waals surface area (Å²) in [5.74, 6) is -1.30. The monoisotopic (exact) mass is 813 g/mol. The lowest BCUT2D eigenvalue weighted by Gasteiger charge is -2.47. The average molecular weight is 814 g/mol. The molecule has 0 aliphatic carbocycles. The van der Waals surface area contributed by atoms with E-state index in [1.807, 2.05) is 6.07 Å². The summed E-state index contributed by atoms with van der Waals surface area (Å²) in [5, 5.41) is 111. The van der Waals surface area contributed by atoms with E-state index >= 15 is 0 Å². The highest BCUT2D eigenvalue weighted by atomic mass is 16.7. The van der Waals surface area contributed by atoms with Crippen molar-refractivity contribution in [3.8, 4) is 0 Å². The van der Waals surface area contributed by atoms with Crippen LogP contribution in [0.2, 0.25) is 0 Å². The van der Waals surface area contributed by atoms with Gasteiger partial charge in [-0.2, -0.15) is 0 Å². The Morgan fingerprint density at radius 2 is 1.40 bits per heavy atom. The first-order valence-corrected chi connectivity index (χ1v) is 17.9. The van der Waals surface area contributed by atoms with Crippen molar-refractivity contribution in [2.24, 2.45) is 0 Å². The van der Waals surface area contributed by atoms with Gasteiger partial charge in [-0.1, -0.05) is 30.3 Å². The number of hydrogen-bond donors (Lipinski definition) is 12. The molecule has 0 saturated carbocycles. The van der Waals surface area contributed by atoms with Crippen LogP contribution in [-0.4, -0.2) is 181 Å². The van der Waals surface area contributed by atoms with Gasteiger partial charge in [0, 0.05) is 25.2 Å². The molecule has 0 unspecified atom stereocenters. The molecule has 0 radical (unpaired) electrons. The summed E-state index contributed by atoms with van der Waals surface area (Å²) < 4.78 is 27.6. The van der Waals surface area contributed by atoms with E-state index in [4.69, 9.17) is 23.7 Å². The van der Waals surface area contributed by atoms with Gasteiger partial charge in [-0.3, -0.25) is 14.9 Å². The van der Waals surface area contributed by atoms with Crippen molar-refractivity contribution < 1.29 is 89.1 Å². The molecule has 12 N–H and O–H groups in total. The van der Waals surface area contributed by atoms with Gasteiger partial charge < -0.3 is 85.0 Å². The van der Waals surface area contributed by atoms with Crippen LogP contribution in [0.4, 0.5) is 16.2 Å². The first-order valence-electron chi connectivity index (χ1n) is 17.9. The second kappa shape index (κ2) is 21.2. The number of aliphatic hydroxyl groups is 10. The molecule has 21 nitrogen and oxygen atoms in total. The minimum Gasteiger partial charge on any atom is -0.444 e. The Morgan fingerprint density at radius 3 is 1.98 bits per heavy atom. The van der Waals surface area contributed by atoms with Gasteiger partial charge in [0.2, 0.25) is 11.8 Å². The Balaban J connectivity index is 1.47. The molecule has 57 heavy (non-hydrogen) atoms. The van der Waals surface area contributed by atoms with Crippen LogP contribution < -0.4 is 15.5 Å². The summed E-state index contributed by atoms with van der Waals surface area (Å²) in [6.07, 6.45) is -24.7. The van der Waals surface area contributed by atoms with Gasteiger partial charge in [-0.15, -0.1) is 0 Å². The first kappa shape index (κ1) is 45.8. The van der Waals surface area contributed by atoms with E-state index < -0.39 is 130 Å². The van der Waals surface area contributed by atoms with Crippen molar-refractivity contribution in [1.29, 1.82) is 0 Å². The summed E-state index contributed by atoms with van der Waals surface area (Å²) in [6, 6.07) is 13.3. The van der Waals surface area contributed by atoms with Gasteiger partial charge in [0.15, 0.2) is 12.6 Å². The van der Waals surface area contributed by atoms with Gasteiger partial charge in [-0.25, -0.2) is 4.79 Å². The van der Waals surface area contributed by atoms with Gasteiger partial charge in [-0.05, 0) is 29.8 Å². The van der Waals surface area contributed by atoms with Crippen LogP contribution in [0.15, 0.2) is 54.6 Å². The van der Waals surface area contributed by atoms with Crippen LogP contribution in [0.5, 0.6) is 0 Å². The highest BCUT2D eigenvalue weighted by Crippen LogP contribution is 2.31. The summed E-state index contributed by atoms with van der Waals surface area (Å²) in [7, 11) is 0. The normalized spacial score (nSPS) is 29.7. The van der Waals surface area contributed by atoms with Crippen LogP contribution >= 0.6 is 0 Å².